The highest BCUT2D eigenvalue weighted by Gasteiger charge is 2.26. The van der Waals surface area contributed by atoms with Crippen molar-refractivity contribution >= 4 is 22.6 Å². The monoisotopic (exact) mass is 446 g/mol. The number of hydrogen-bond donors (Lipinski definition) is 0. The van der Waals surface area contributed by atoms with Gasteiger partial charge >= 0.3 is 5.69 Å². The molecule has 0 atom stereocenters. The maximum absolute atomic E-state index is 13.5. The molecule has 0 spiro atoms. The highest BCUT2D eigenvalue weighted by molar-refractivity contribution is 5.92. The highest BCUT2D eigenvalue weighted by Crippen LogP contribution is 2.23. The second-order valence-electron chi connectivity index (χ2n) is 7.88. The largest absolute Gasteiger partial charge is 0.459 e. The van der Waals surface area contributed by atoms with Gasteiger partial charge < -0.3 is 14.2 Å². The summed E-state index contributed by atoms with van der Waals surface area (Å²) in [6, 6.07) is 8.71. The van der Waals surface area contributed by atoms with Crippen molar-refractivity contribution in [3.8, 4) is 0 Å². The van der Waals surface area contributed by atoms with Crippen molar-refractivity contribution in [3.63, 3.8) is 0 Å². The van der Waals surface area contributed by atoms with Crippen molar-refractivity contribution in [1.82, 2.24) is 24.0 Å². The van der Waals surface area contributed by atoms with E-state index in [-0.39, 0.29) is 12.5 Å². The molecule has 5 rings (SSSR count). The average molecular weight is 446 g/mol. The Morgan fingerprint density at radius 1 is 1.06 bits per heavy atom. The predicted molar refractivity (Wildman–Crippen MR) is 121 cm³/mol. The summed E-state index contributed by atoms with van der Waals surface area (Å²) in [6.45, 7) is 2.17. The number of aromatic nitrogens is 4. The van der Waals surface area contributed by atoms with Crippen LogP contribution in [0.15, 0.2) is 69.2 Å². The normalized spacial score (nSPS) is 14.1. The molecule has 1 saturated heterocycles. The topological polar surface area (TPSA) is 106 Å². The Morgan fingerprint density at radius 3 is 2.58 bits per heavy atom. The Labute approximate surface area is 188 Å². The minimum absolute atomic E-state index is 0.120. The first-order valence-corrected chi connectivity index (χ1v) is 10.6. The SMILES string of the molecule is Cn1c(=O)n(Cc2cccnc2)c(=O)c2c(N3CCN(C(=O)c4ccco4)CC3)ccnc21. The highest BCUT2D eigenvalue weighted by atomic mass is 16.3. The molecule has 10 nitrogen and oxygen atoms in total. The molecule has 4 aromatic rings. The number of piperazine rings is 1. The fourth-order valence-corrected chi connectivity index (χ4v) is 4.18. The molecule has 1 aliphatic heterocycles. The Morgan fingerprint density at radius 2 is 1.88 bits per heavy atom. The van der Waals surface area contributed by atoms with E-state index in [2.05, 4.69) is 14.9 Å². The minimum atomic E-state index is -0.435. The van der Waals surface area contributed by atoms with Gasteiger partial charge in [0.05, 0.1) is 18.5 Å². The van der Waals surface area contributed by atoms with E-state index in [9.17, 15) is 14.4 Å². The lowest BCUT2D eigenvalue weighted by atomic mass is 10.2. The molecule has 0 N–H and O–H groups in total. The van der Waals surface area contributed by atoms with E-state index in [4.69, 9.17) is 4.42 Å². The van der Waals surface area contributed by atoms with Gasteiger partial charge in [-0.1, -0.05) is 6.07 Å². The number of amides is 1. The molecular formula is C23H22N6O4. The quantitative estimate of drug-likeness (QED) is 0.462. The molecule has 0 unspecified atom stereocenters. The molecule has 0 saturated carbocycles. The molecule has 1 fully saturated rings. The van der Waals surface area contributed by atoms with E-state index in [0.29, 0.717) is 48.7 Å². The lowest BCUT2D eigenvalue weighted by molar-refractivity contribution is 0.0715. The summed E-state index contributed by atoms with van der Waals surface area (Å²) in [5, 5.41) is 0.384. The molecule has 0 aromatic carbocycles. The predicted octanol–water partition coefficient (Wildman–Crippen LogP) is 1.09. The van der Waals surface area contributed by atoms with Crippen molar-refractivity contribution in [2.45, 2.75) is 6.54 Å². The van der Waals surface area contributed by atoms with Crippen LogP contribution in [0, 0.1) is 0 Å². The average Bonchev–Trinajstić information content (AvgIpc) is 3.40. The molecule has 10 heteroatoms. The van der Waals surface area contributed by atoms with E-state index < -0.39 is 11.2 Å². The van der Waals surface area contributed by atoms with E-state index in [1.165, 1.54) is 15.4 Å². The van der Waals surface area contributed by atoms with Crippen molar-refractivity contribution in [3.05, 3.63) is 87.3 Å². The fourth-order valence-electron chi connectivity index (χ4n) is 4.18. The van der Waals surface area contributed by atoms with E-state index in [1.54, 1.807) is 54.8 Å². The zero-order valence-corrected chi connectivity index (χ0v) is 18.0. The Bertz CT molecular complexity index is 1420. The smallest absolute Gasteiger partial charge is 0.332 e. The lowest BCUT2D eigenvalue weighted by Crippen LogP contribution is -2.49. The Hall–Kier alpha value is -4.21. The third kappa shape index (κ3) is 3.69. The van der Waals surface area contributed by atoms with E-state index >= 15 is 0 Å². The number of aryl methyl sites for hydroxylation is 1. The van der Waals surface area contributed by atoms with Crippen LogP contribution in [0.25, 0.3) is 11.0 Å². The molecule has 0 aliphatic carbocycles. The van der Waals surface area contributed by atoms with Crippen molar-refractivity contribution in [1.29, 1.82) is 0 Å². The summed E-state index contributed by atoms with van der Waals surface area (Å²) in [5.41, 5.74) is 0.959. The van der Waals surface area contributed by atoms with Gasteiger partial charge in [-0.3, -0.25) is 23.7 Å². The molecule has 4 aromatic heterocycles. The summed E-state index contributed by atoms with van der Waals surface area (Å²) in [4.78, 5) is 51.2. The second-order valence-corrected chi connectivity index (χ2v) is 7.88. The zero-order valence-electron chi connectivity index (χ0n) is 18.0. The zero-order chi connectivity index (χ0) is 22.9. The lowest BCUT2D eigenvalue weighted by Gasteiger charge is -2.36. The van der Waals surface area contributed by atoms with Gasteiger partial charge in [0.1, 0.15) is 5.39 Å². The summed E-state index contributed by atoms with van der Waals surface area (Å²) in [5.74, 6) is 0.159. The number of carbonyl (C=O) groups excluding carboxylic acids is 1. The van der Waals surface area contributed by atoms with Gasteiger partial charge in [-0.2, -0.15) is 0 Å². The minimum Gasteiger partial charge on any atom is -0.459 e. The van der Waals surface area contributed by atoms with Gasteiger partial charge in [-0.05, 0) is 29.8 Å². The van der Waals surface area contributed by atoms with Crippen molar-refractivity contribution in [2.24, 2.45) is 7.05 Å². The third-order valence-corrected chi connectivity index (χ3v) is 5.91. The molecule has 0 bridgehead atoms. The third-order valence-electron chi connectivity index (χ3n) is 5.91. The number of nitrogens with zero attached hydrogens (tertiary/aromatic N) is 6. The van der Waals surface area contributed by atoms with E-state index in [0.717, 1.165) is 5.56 Å². The van der Waals surface area contributed by atoms with Gasteiger partial charge in [0.25, 0.3) is 11.5 Å². The first-order valence-electron chi connectivity index (χ1n) is 10.6. The van der Waals surface area contributed by atoms with Crippen LogP contribution in [0.3, 0.4) is 0 Å². The van der Waals surface area contributed by atoms with Crippen LogP contribution in [0.2, 0.25) is 0 Å². The fraction of sp³-hybridized carbons (Fsp3) is 0.261. The van der Waals surface area contributed by atoms with Crippen molar-refractivity contribution < 1.29 is 9.21 Å². The summed E-state index contributed by atoms with van der Waals surface area (Å²) < 4.78 is 7.83. The standard InChI is InChI=1S/C23H22N6O4/c1-26-20-19(22(31)29(23(26)32)15-16-4-2-7-24-14-16)17(6-8-25-20)27-9-11-28(12-10-27)21(30)18-5-3-13-33-18/h2-8,13-14H,9-12,15H2,1H3. The molecule has 33 heavy (non-hydrogen) atoms. The van der Waals surface area contributed by atoms with Crippen LogP contribution >= 0.6 is 0 Å². The van der Waals surface area contributed by atoms with Crippen molar-refractivity contribution in [2.75, 3.05) is 31.1 Å². The van der Waals surface area contributed by atoms with E-state index in [1.807, 2.05) is 6.07 Å². The maximum atomic E-state index is 13.5. The number of furan rings is 1. The molecule has 0 radical (unpaired) electrons. The molecular weight excluding hydrogens is 424 g/mol. The first-order chi connectivity index (χ1) is 16.0. The van der Waals surface area contributed by atoms with Gasteiger partial charge in [-0.25, -0.2) is 9.78 Å². The van der Waals surface area contributed by atoms with Crippen LogP contribution in [0.5, 0.6) is 0 Å². The van der Waals surface area contributed by atoms with Gasteiger partial charge in [0, 0.05) is 51.8 Å². The number of fused-ring (bicyclic) bond motifs is 1. The summed E-state index contributed by atoms with van der Waals surface area (Å²) in [6.07, 6.45) is 6.36. The number of rotatable bonds is 4. The van der Waals surface area contributed by atoms with Crippen LogP contribution < -0.4 is 16.1 Å². The number of carbonyl (C=O) groups is 1. The Balaban J connectivity index is 1.50. The number of pyridine rings is 2. The van der Waals surface area contributed by atoms with Crippen LogP contribution in [-0.2, 0) is 13.6 Å². The summed E-state index contributed by atoms with van der Waals surface area (Å²) in [7, 11) is 1.61. The second kappa shape index (κ2) is 8.38. The number of anilines is 1. The Kier molecular flexibility index (Phi) is 5.25. The first kappa shape index (κ1) is 20.7. The van der Waals surface area contributed by atoms with Crippen LogP contribution in [0.1, 0.15) is 16.1 Å². The summed E-state index contributed by atoms with van der Waals surface area (Å²) >= 11 is 0. The molecule has 1 amide bonds. The van der Waals surface area contributed by atoms with Crippen LogP contribution in [0.4, 0.5) is 5.69 Å². The molecule has 168 valence electrons. The van der Waals surface area contributed by atoms with Gasteiger partial charge in [0.2, 0.25) is 0 Å². The van der Waals surface area contributed by atoms with Crippen LogP contribution in [-0.4, -0.2) is 56.1 Å². The molecule has 1 aliphatic rings. The molecule has 5 heterocycles. The maximum Gasteiger partial charge on any atom is 0.332 e. The van der Waals surface area contributed by atoms with Gasteiger partial charge in [-0.15, -0.1) is 0 Å². The number of hydrogen-bond acceptors (Lipinski definition) is 7. The van der Waals surface area contributed by atoms with Gasteiger partial charge in [0.15, 0.2) is 11.4 Å².